The van der Waals surface area contributed by atoms with Crippen LogP contribution in [0.5, 0.6) is 5.75 Å². The third-order valence-corrected chi connectivity index (χ3v) is 4.27. The lowest BCUT2D eigenvalue weighted by atomic mass is 10.2. The summed E-state index contributed by atoms with van der Waals surface area (Å²) in [6.07, 6.45) is 0. The Balaban J connectivity index is 2.19. The molecule has 0 aromatic heterocycles. The van der Waals surface area contributed by atoms with Crippen molar-refractivity contribution in [2.45, 2.75) is 11.8 Å². The summed E-state index contributed by atoms with van der Waals surface area (Å²) in [5.74, 6) is 3.06. The Morgan fingerprint density at radius 2 is 1.90 bits per heavy atom. The Bertz CT molecular complexity index is 345. The topological polar surface area (TPSA) is 45.3 Å². The lowest BCUT2D eigenvalue weighted by molar-refractivity contribution is 0.414. The Kier molecular flexibility index (Phi) is 9.49. The predicted octanol–water partition coefficient (Wildman–Crippen LogP) is 1.33. The molecule has 3 N–H and O–H groups in total. The largest absolute Gasteiger partial charge is 0.497 e. The van der Waals surface area contributed by atoms with Gasteiger partial charge in [0.1, 0.15) is 5.75 Å². The molecule has 4 nitrogen and oxygen atoms in total. The zero-order valence-electron chi connectivity index (χ0n) is 12.7. The van der Waals surface area contributed by atoms with Gasteiger partial charge in [-0.2, -0.15) is 11.8 Å². The van der Waals surface area contributed by atoms with Crippen molar-refractivity contribution in [2.75, 3.05) is 46.6 Å². The van der Waals surface area contributed by atoms with Crippen molar-refractivity contribution in [1.82, 2.24) is 16.0 Å². The van der Waals surface area contributed by atoms with Gasteiger partial charge in [-0.25, -0.2) is 0 Å². The van der Waals surface area contributed by atoms with Gasteiger partial charge < -0.3 is 20.7 Å². The fraction of sp³-hybridized carbons (Fsp3) is 0.600. The molecule has 0 unspecified atom stereocenters. The molecule has 0 spiro atoms. The van der Waals surface area contributed by atoms with Crippen molar-refractivity contribution in [3.63, 3.8) is 0 Å². The first-order chi connectivity index (χ1) is 9.80. The highest BCUT2D eigenvalue weighted by atomic mass is 32.2. The van der Waals surface area contributed by atoms with Crippen LogP contribution in [0, 0.1) is 0 Å². The molecule has 1 aromatic rings. The van der Waals surface area contributed by atoms with Crippen molar-refractivity contribution in [3.8, 4) is 5.75 Å². The molecular formula is C15H27N3OS. The molecule has 1 atom stereocenters. The van der Waals surface area contributed by atoms with Crippen LogP contribution in [0.2, 0.25) is 0 Å². The second-order valence-electron chi connectivity index (χ2n) is 4.66. The minimum absolute atomic E-state index is 0.509. The van der Waals surface area contributed by atoms with Crippen LogP contribution >= 0.6 is 11.8 Å². The van der Waals surface area contributed by atoms with Crippen LogP contribution in [0.1, 0.15) is 5.56 Å². The maximum absolute atomic E-state index is 5.16. The van der Waals surface area contributed by atoms with Crippen LogP contribution in [0.25, 0.3) is 0 Å². The fourth-order valence-corrected chi connectivity index (χ4v) is 2.89. The smallest absolute Gasteiger partial charge is 0.118 e. The molecule has 1 rings (SSSR count). The minimum Gasteiger partial charge on any atom is -0.497 e. The third kappa shape index (κ3) is 7.14. The molecule has 20 heavy (non-hydrogen) atoms. The molecule has 5 heteroatoms. The van der Waals surface area contributed by atoms with Gasteiger partial charge in [0.2, 0.25) is 0 Å². The first kappa shape index (κ1) is 17.3. The predicted molar refractivity (Wildman–Crippen MR) is 88.8 cm³/mol. The van der Waals surface area contributed by atoms with E-state index >= 15 is 0 Å². The second-order valence-corrected chi connectivity index (χ2v) is 5.69. The fourth-order valence-electron chi connectivity index (χ4n) is 1.77. The average molecular weight is 297 g/mol. The third-order valence-electron chi connectivity index (χ3n) is 3.10. The zero-order valence-corrected chi connectivity index (χ0v) is 13.6. The lowest BCUT2D eigenvalue weighted by Crippen LogP contribution is -2.40. The van der Waals surface area contributed by atoms with Gasteiger partial charge in [0.25, 0.3) is 0 Å². The van der Waals surface area contributed by atoms with Crippen LogP contribution in [-0.2, 0) is 5.75 Å². The molecule has 0 saturated heterocycles. The normalized spacial score (nSPS) is 12.3. The number of methoxy groups -OCH3 is 1. The summed E-state index contributed by atoms with van der Waals surface area (Å²) >= 11 is 1.96. The van der Waals surface area contributed by atoms with Crippen LogP contribution in [0.4, 0.5) is 0 Å². The number of benzene rings is 1. The van der Waals surface area contributed by atoms with Crippen molar-refractivity contribution in [2.24, 2.45) is 0 Å². The van der Waals surface area contributed by atoms with Gasteiger partial charge in [-0.05, 0) is 31.8 Å². The highest BCUT2D eigenvalue weighted by Crippen LogP contribution is 2.16. The van der Waals surface area contributed by atoms with E-state index in [0.29, 0.717) is 6.04 Å². The lowest BCUT2D eigenvalue weighted by Gasteiger charge is -2.16. The maximum Gasteiger partial charge on any atom is 0.118 e. The molecule has 0 heterocycles. The summed E-state index contributed by atoms with van der Waals surface area (Å²) in [5.41, 5.74) is 1.34. The highest BCUT2D eigenvalue weighted by Gasteiger charge is 2.05. The molecule has 0 radical (unpaired) electrons. The Hall–Kier alpha value is -0.750. The SMILES string of the molecule is CNCCNC[C@H](CSCc1ccc(OC)cc1)NC. The van der Waals surface area contributed by atoms with E-state index in [0.717, 1.165) is 36.9 Å². The van der Waals surface area contributed by atoms with Crippen LogP contribution in [0.15, 0.2) is 24.3 Å². The van der Waals surface area contributed by atoms with Crippen LogP contribution in [-0.4, -0.2) is 52.6 Å². The van der Waals surface area contributed by atoms with E-state index in [-0.39, 0.29) is 0 Å². The van der Waals surface area contributed by atoms with E-state index in [4.69, 9.17) is 4.74 Å². The van der Waals surface area contributed by atoms with Crippen molar-refractivity contribution < 1.29 is 4.74 Å². The minimum atomic E-state index is 0.509. The van der Waals surface area contributed by atoms with E-state index in [2.05, 4.69) is 28.1 Å². The number of hydrogen-bond acceptors (Lipinski definition) is 5. The van der Waals surface area contributed by atoms with E-state index in [9.17, 15) is 0 Å². The van der Waals surface area contributed by atoms with Crippen LogP contribution in [0.3, 0.4) is 0 Å². The second kappa shape index (κ2) is 11.0. The Labute approximate surface area is 127 Å². The van der Waals surface area contributed by atoms with Crippen molar-refractivity contribution in [1.29, 1.82) is 0 Å². The van der Waals surface area contributed by atoms with Gasteiger partial charge in [0.15, 0.2) is 0 Å². The van der Waals surface area contributed by atoms with Gasteiger partial charge in [-0.3, -0.25) is 0 Å². The number of nitrogens with one attached hydrogen (secondary N) is 3. The van der Waals surface area contributed by atoms with Gasteiger partial charge in [-0.1, -0.05) is 12.1 Å². The summed E-state index contributed by atoms with van der Waals surface area (Å²) in [4.78, 5) is 0. The zero-order chi connectivity index (χ0) is 14.6. The summed E-state index contributed by atoms with van der Waals surface area (Å²) < 4.78 is 5.16. The van der Waals surface area contributed by atoms with Gasteiger partial charge >= 0.3 is 0 Å². The van der Waals surface area contributed by atoms with Gasteiger partial charge in [0.05, 0.1) is 7.11 Å². The highest BCUT2D eigenvalue weighted by molar-refractivity contribution is 7.98. The maximum atomic E-state index is 5.16. The average Bonchev–Trinajstić information content (AvgIpc) is 2.50. The molecule has 0 saturated carbocycles. The van der Waals surface area contributed by atoms with Gasteiger partial charge in [0, 0.05) is 37.2 Å². The number of ether oxygens (including phenoxy) is 1. The first-order valence-corrected chi connectivity index (χ1v) is 8.19. The van der Waals surface area contributed by atoms with Crippen molar-refractivity contribution in [3.05, 3.63) is 29.8 Å². The van der Waals surface area contributed by atoms with E-state index in [1.165, 1.54) is 5.56 Å². The summed E-state index contributed by atoms with van der Waals surface area (Å²) in [6, 6.07) is 8.81. The number of likely N-dealkylation sites (N-methyl/N-ethyl adjacent to an activating group) is 2. The summed E-state index contributed by atoms with van der Waals surface area (Å²) in [5, 5.41) is 9.94. The molecular weight excluding hydrogens is 270 g/mol. The molecule has 0 amide bonds. The molecule has 0 aliphatic rings. The van der Waals surface area contributed by atoms with E-state index < -0.39 is 0 Å². The molecule has 0 bridgehead atoms. The number of thioether (sulfide) groups is 1. The number of rotatable bonds is 11. The number of hydrogen-bond donors (Lipinski definition) is 3. The van der Waals surface area contributed by atoms with E-state index in [1.807, 2.05) is 38.0 Å². The molecule has 0 fully saturated rings. The standard InChI is InChI=1S/C15H27N3OS/c1-16-8-9-18-10-14(17-2)12-20-11-13-4-6-15(19-3)7-5-13/h4-7,14,16-18H,8-12H2,1-3H3/t14-/m1/s1. The molecule has 1 aromatic carbocycles. The van der Waals surface area contributed by atoms with E-state index in [1.54, 1.807) is 7.11 Å². The molecule has 114 valence electrons. The van der Waals surface area contributed by atoms with Gasteiger partial charge in [-0.15, -0.1) is 0 Å². The Morgan fingerprint density at radius 3 is 2.50 bits per heavy atom. The Morgan fingerprint density at radius 1 is 1.15 bits per heavy atom. The monoisotopic (exact) mass is 297 g/mol. The summed E-state index contributed by atoms with van der Waals surface area (Å²) in [7, 11) is 5.70. The van der Waals surface area contributed by atoms with Crippen molar-refractivity contribution >= 4 is 11.8 Å². The summed E-state index contributed by atoms with van der Waals surface area (Å²) in [6.45, 7) is 3.03. The molecule has 0 aliphatic heterocycles. The van der Waals surface area contributed by atoms with Crippen LogP contribution < -0.4 is 20.7 Å². The molecule has 0 aliphatic carbocycles. The quantitative estimate of drug-likeness (QED) is 0.538. The first-order valence-electron chi connectivity index (χ1n) is 7.03.